The Bertz CT molecular complexity index is 835. The third-order valence-electron chi connectivity index (χ3n) is 3.52. The fraction of sp³-hybridized carbons (Fsp3) is 0. The number of hydrogen-bond donors (Lipinski definition) is 2. The molecule has 21 heavy (non-hydrogen) atoms. The van der Waals surface area contributed by atoms with E-state index in [1.807, 2.05) is 48.8 Å². The predicted molar refractivity (Wildman–Crippen MR) is 85.2 cm³/mol. The standard InChI is InChI=1S/C18H13N2O/c19-18(20)14-8-6-13(7-9-14)17-15(11-21)10-5-12-3-1-2-4-16(12)17/h1-10H,(H3,19,20). The van der Waals surface area contributed by atoms with Crippen LogP contribution in [-0.4, -0.2) is 12.1 Å². The highest BCUT2D eigenvalue weighted by Crippen LogP contribution is 2.31. The van der Waals surface area contributed by atoms with Gasteiger partial charge in [0.1, 0.15) is 5.84 Å². The maximum Gasteiger partial charge on any atom is 0.234 e. The lowest BCUT2D eigenvalue weighted by Crippen LogP contribution is -2.10. The summed E-state index contributed by atoms with van der Waals surface area (Å²) in [6, 6.07) is 18.9. The summed E-state index contributed by atoms with van der Waals surface area (Å²) in [7, 11) is 0. The van der Waals surface area contributed by atoms with Crippen LogP contribution in [-0.2, 0) is 4.79 Å². The molecule has 0 aliphatic carbocycles. The van der Waals surface area contributed by atoms with Crippen molar-refractivity contribution in [2.45, 2.75) is 0 Å². The van der Waals surface area contributed by atoms with Crippen LogP contribution in [0.2, 0.25) is 0 Å². The molecule has 3 rings (SSSR count). The summed E-state index contributed by atoms with van der Waals surface area (Å²) in [4.78, 5) is 11.2. The van der Waals surface area contributed by atoms with Crippen molar-refractivity contribution in [2.24, 2.45) is 5.73 Å². The Morgan fingerprint density at radius 2 is 1.67 bits per heavy atom. The first kappa shape index (κ1) is 13.1. The SMILES string of the molecule is N=C(N)c1ccc(-c2c([C]=O)ccc3ccccc23)cc1. The third-order valence-corrected chi connectivity index (χ3v) is 3.52. The number of nitrogens with two attached hydrogens (primary N) is 1. The van der Waals surface area contributed by atoms with Crippen LogP contribution in [0.3, 0.4) is 0 Å². The van der Waals surface area contributed by atoms with E-state index in [0.717, 1.165) is 21.9 Å². The average molecular weight is 273 g/mol. The minimum Gasteiger partial charge on any atom is -0.384 e. The Hall–Kier alpha value is -2.94. The average Bonchev–Trinajstić information content (AvgIpc) is 2.53. The van der Waals surface area contributed by atoms with Crippen molar-refractivity contribution >= 4 is 22.9 Å². The monoisotopic (exact) mass is 273 g/mol. The van der Waals surface area contributed by atoms with Gasteiger partial charge < -0.3 is 5.73 Å². The molecule has 0 spiro atoms. The second kappa shape index (κ2) is 5.21. The zero-order valence-corrected chi connectivity index (χ0v) is 11.3. The van der Waals surface area contributed by atoms with Crippen molar-refractivity contribution in [2.75, 3.05) is 0 Å². The largest absolute Gasteiger partial charge is 0.384 e. The third kappa shape index (κ3) is 2.30. The van der Waals surface area contributed by atoms with Crippen molar-refractivity contribution in [3.63, 3.8) is 0 Å². The van der Waals surface area contributed by atoms with Gasteiger partial charge in [-0.2, -0.15) is 0 Å². The zero-order valence-electron chi connectivity index (χ0n) is 11.3. The molecule has 0 aliphatic heterocycles. The number of amidine groups is 1. The smallest absolute Gasteiger partial charge is 0.234 e. The lowest BCUT2D eigenvalue weighted by molar-refractivity contribution is 0.563. The van der Waals surface area contributed by atoms with Crippen LogP contribution < -0.4 is 5.73 Å². The van der Waals surface area contributed by atoms with E-state index in [4.69, 9.17) is 11.1 Å². The Morgan fingerprint density at radius 1 is 0.952 bits per heavy atom. The second-order valence-corrected chi connectivity index (χ2v) is 4.80. The van der Waals surface area contributed by atoms with Gasteiger partial charge in [0, 0.05) is 16.7 Å². The summed E-state index contributed by atoms with van der Waals surface area (Å²) in [5, 5.41) is 9.52. The lowest BCUT2D eigenvalue weighted by atomic mass is 9.93. The number of nitrogen functional groups attached to an aromatic ring is 1. The van der Waals surface area contributed by atoms with Crippen LogP contribution in [0.15, 0.2) is 60.7 Å². The summed E-state index contributed by atoms with van der Waals surface area (Å²) in [5.41, 5.74) is 8.44. The molecule has 0 bridgehead atoms. The molecule has 0 heterocycles. The number of carbonyl (C=O) groups excluding carboxylic acids is 1. The van der Waals surface area contributed by atoms with E-state index >= 15 is 0 Å². The van der Waals surface area contributed by atoms with Crippen LogP contribution in [0.25, 0.3) is 21.9 Å². The predicted octanol–water partition coefficient (Wildman–Crippen LogP) is 3.25. The molecule has 0 amide bonds. The highest BCUT2D eigenvalue weighted by Gasteiger charge is 2.10. The highest BCUT2D eigenvalue weighted by atomic mass is 16.1. The molecule has 3 N–H and O–H groups in total. The molecule has 0 saturated carbocycles. The molecular formula is C18H13N2O. The van der Waals surface area contributed by atoms with Gasteiger partial charge in [-0.1, -0.05) is 54.6 Å². The lowest BCUT2D eigenvalue weighted by Gasteiger charge is -2.10. The number of nitrogens with one attached hydrogen (secondary N) is 1. The Morgan fingerprint density at radius 3 is 2.33 bits per heavy atom. The molecule has 0 aliphatic rings. The molecule has 3 aromatic rings. The molecule has 0 atom stereocenters. The minimum atomic E-state index is 0.0293. The summed E-state index contributed by atoms with van der Waals surface area (Å²) >= 11 is 0. The number of hydrogen-bond acceptors (Lipinski definition) is 2. The maximum atomic E-state index is 11.2. The molecule has 0 unspecified atom stereocenters. The van der Waals surface area contributed by atoms with Crippen LogP contribution in [0.5, 0.6) is 0 Å². The summed E-state index contributed by atoms with van der Waals surface area (Å²) in [6.45, 7) is 0. The zero-order chi connectivity index (χ0) is 14.8. The molecule has 0 fully saturated rings. The second-order valence-electron chi connectivity index (χ2n) is 4.80. The molecule has 0 aromatic heterocycles. The van der Waals surface area contributed by atoms with Gasteiger partial charge in [0.05, 0.1) is 0 Å². The van der Waals surface area contributed by atoms with Crippen molar-refractivity contribution in [1.29, 1.82) is 5.41 Å². The van der Waals surface area contributed by atoms with Gasteiger partial charge in [0.2, 0.25) is 6.29 Å². The van der Waals surface area contributed by atoms with Gasteiger partial charge in [-0.05, 0) is 22.4 Å². The van der Waals surface area contributed by atoms with E-state index < -0.39 is 0 Å². The molecule has 3 aromatic carbocycles. The first-order valence-corrected chi connectivity index (χ1v) is 6.55. The van der Waals surface area contributed by atoms with Gasteiger partial charge >= 0.3 is 0 Å². The van der Waals surface area contributed by atoms with Crippen LogP contribution >= 0.6 is 0 Å². The fourth-order valence-corrected chi connectivity index (χ4v) is 2.48. The topological polar surface area (TPSA) is 66.9 Å². The van der Waals surface area contributed by atoms with Crippen LogP contribution in [0.1, 0.15) is 11.1 Å². The molecule has 3 nitrogen and oxygen atoms in total. The van der Waals surface area contributed by atoms with Gasteiger partial charge in [-0.15, -0.1) is 0 Å². The van der Waals surface area contributed by atoms with Gasteiger partial charge in [0.25, 0.3) is 0 Å². The van der Waals surface area contributed by atoms with E-state index in [0.29, 0.717) is 11.1 Å². The van der Waals surface area contributed by atoms with E-state index in [9.17, 15) is 4.79 Å². The summed E-state index contributed by atoms with van der Waals surface area (Å²) in [6.07, 6.45) is 2.01. The van der Waals surface area contributed by atoms with E-state index in [-0.39, 0.29) is 5.84 Å². The highest BCUT2D eigenvalue weighted by molar-refractivity contribution is 6.05. The molecule has 0 saturated heterocycles. The van der Waals surface area contributed by atoms with Crippen molar-refractivity contribution in [3.8, 4) is 11.1 Å². The normalized spacial score (nSPS) is 10.5. The molecule has 1 radical (unpaired) electrons. The van der Waals surface area contributed by atoms with Crippen LogP contribution in [0, 0.1) is 5.41 Å². The van der Waals surface area contributed by atoms with Gasteiger partial charge in [-0.25, -0.2) is 0 Å². The minimum absolute atomic E-state index is 0.0293. The molecule has 3 heteroatoms. The van der Waals surface area contributed by atoms with E-state index in [2.05, 4.69) is 0 Å². The molecular weight excluding hydrogens is 260 g/mol. The van der Waals surface area contributed by atoms with E-state index in [1.54, 1.807) is 18.2 Å². The Labute approximate surface area is 122 Å². The maximum absolute atomic E-state index is 11.2. The molecule has 101 valence electrons. The van der Waals surface area contributed by atoms with Crippen molar-refractivity contribution in [1.82, 2.24) is 0 Å². The van der Waals surface area contributed by atoms with Gasteiger partial charge in [-0.3, -0.25) is 10.2 Å². The summed E-state index contributed by atoms with van der Waals surface area (Å²) < 4.78 is 0. The number of benzene rings is 3. The fourth-order valence-electron chi connectivity index (χ4n) is 2.48. The van der Waals surface area contributed by atoms with E-state index in [1.165, 1.54) is 0 Å². The van der Waals surface area contributed by atoms with Gasteiger partial charge in [0.15, 0.2) is 0 Å². The van der Waals surface area contributed by atoms with Crippen LogP contribution in [0.4, 0.5) is 0 Å². The Balaban J connectivity index is 2.27. The first-order chi connectivity index (χ1) is 10.2. The van der Waals surface area contributed by atoms with Crippen molar-refractivity contribution < 1.29 is 4.79 Å². The summed E-state index contributed by atoms with van der Waals surface area (Å²) in [5.74, 6) is 0.0293. The van der Waals surface area contributed by atoms with Crippen molar-refractivity contribution in [3.05, 3.63) is 71.8 Å². The number of fused-ring (bicyclic) bond motifs is 1. The first-order valence-electron chi connectivity index (χ1n) is 6.55. The number of rotatable bonds is 3. The Kier molecular flexibility index (Phi) is 3.24. The quantitative estimate of drug-likeness (QED) is 0.568.